The molecule has 9 N–H and O–H groups in total. The fourth-order valence-electron chi connectivity index (χ4n) is 11.0. The SMILES string of the molecule is CCCCCCC/C=C\C/C=C\C/C=C\CCCCCCCCCCCCCCCCCCCCCCCCCCCCC(=O)NC(COC1OC(CO)C(OC2OC(CO)C(O)C(O)C2O)C(O)C1O)C(O)CCCCCCC. The fraction of sp³-hybridized carbons (Fsp3) is 0.894. The van der Waals surface area contributed by atoms with E-state index in [2.05, 4.69) is 55.6 Å². The zero-order chi connectivity index (χ0) is 58.1. The minimum absolute atomic E-state index is 0.209. The first-order valence-corrected chi connectivity index (χ1v) is 33.2. The van der Waals surface area contributed by atoms with Crippen molar-refractivity contribution in [1.82, 2.24) is 5.32 Å². The number of carbonyl (C=O) groups excluding carboxylic acids is 1. The summed E-state index contributed by atoms with van der Waals surface area (Å²) in [5.74, 6) is -0.209. The van der Waals surface area contributed by atoms with E-state index in [1.165, 1.54) is 186 Å². The molecule has 0 saturated carbocycles. The van der Waals surface area contributed by atoms with E-state index in [4.69, 9.17) is 18.9 Å². The zero-order valence-corrected chi connectivity index (χ0v) is 50.8. The molecule has 14 heteroatoms. The van der Waals surface area contributed by atoms with E-state index in [0.29, 0.717) is 12.8 Å². The molecule has 0 spiro atoms. The summed E-state index contributed by atoms with van der Waals surface area (Å²) < 4.78 is 22.7. The van der Waals surface area contributed by atoms with Gasteiger partial charge >= 0.3 is 0 Å². The lowest BCUT2D eigenvalue weighted by Gasteiger charge is -2.46. The first kappa shape index (κ1) is 74.3. The van der Waals surface area contributed by atoms with Crippen LogP contribution in [0.3, 0.4) is 0 Å². The Balaban J connectivity index is 1.44. The number of rotatable bonds is 54. The molecule has 1 amide bonds. The normalized spacial score (nSPS) is 24.4. The van der Waals surface area contributed by atoms with Crippen molar-refractivity contribution < 1.29 is 64.6 Å². The third-order valence-electron chi connectivity index (χ3n) is 16.4. The molecule has 2 aliphatic rings. The highest BCUT2D eigenvalue weighted by molar-refractivity contribution is 5.76. The smallest absolute Gasteiger partial charge is 0.220 e. The van der Waals surface area contributed by atoms with Crippen LogP contribution < -0.4 is 5.32 Å². The van der Waals surface area contributed by atoms with E-state index in [9.17, 15) is 45.6 Å². The van der Waals surface area contributed by atoms with Crippen LogP contribution in [0.2, 0.25) is 0 Å². The molecule has 2 aliphatic heterocycles. The molecule has 0 aromatic heterocycles. The lowest BCUT2D eigenvalue weighted by molar-refractivity contribution is -0.359. The van der Waals surface area contributed by atoms with Crippen LogP contribution in [-0.2, 0) is 23.7 Å². The van der Waals surface area contributed by atoms with Crippen molar-refractivity contribution in [3.63, 3.8) is 0 Å². The van der Waals surface area contributed by atoms with Crippen molar-refractivity contribution in [2.75, 3.05) is 19.8 Å². The van der Waals surface area contributed by atoms with Gasteiger partial charge in [0.1, 0.15) is 48.8 Å². The Kier molecular flexibility index (Phi) is 47.9. The van der Waals surface area contributed by atoms with Crippen LogP contribution in [0.15, 0.2) is 36.5 Å². The van der Waals surface area contributed by atoms with Gasteiger partial charge in [-0.25, -0.2) is 0 Å². The van der Waals surface area contributed by atoms with Gasteiger partial charge in [-0.2, -0.15) is 0 Å². The van der Waals surface area contributed by atoms with Gasteiger partial charge in [-0.3, -0.25) is 4.79 Å². The van der Waals surface area contributed by atoms with Crippen LogP contribution in [-0.4, -0.2) is 140 Å². The molecule has 470 valence electrons. The minimum atomic E-state index is -1.78. The van der Waals surface area contributed by atoms with Gasteiger partial charge in [0, 0.05) is 6.42 Å². The van der Waals surface area contributed by atoms with Crippen LogP contribution in [0.4, 0.5) is 0 Å². The highest BCUT2D eigenvalue weighted by Crippen LogP contribution is 2.30. The van der Waals surface area contributed by atoms with Crippen LogP contribution in [0, 0.1) is 0 Å². The number of carbonyl (C=O) groups is 1. The maximum absolute atomic E-state index is 13.2. The minimum Gasteiger partial charge on any atom is -0.394 e. The molecule has 0 aliphatic carbocycles. The summed E-state index contributed by atoms with van der Waals surface area (Å²) in [7, 11) is 0. The van der Waals surface area contributed by atoms with E-state index in [1.807, 2.05) is 0 Å². The van der Waals surface area contributed by atoms with E-state index in [1.54, 1.807) is 0 Å². The maximum atomic E-state index is 13.2. The summed E-state index contributed by atoms with van der Waals surface area (Å²) in [4.78, 5) is 13.2. The second kappa shape index (κ2) is 51.6. The lowest BCUT2D eigenvalue weighted by atomic mass is 9.97. The Bertz CT molecular complexity index is 1480. The zero-order valence-electron chi connectivity index (χ0n) is 50.8. The summed E-state index contributed by atoms with van der Waals surface area (Å²) in [6, 6.07) is -0.822. The standard InChI is InChI=1S/C66H123NO13/c1-3-5-7-9-10-11-12-13-14-15-16-17-18-19-20-21-22-23-24-25-26-27-28-29-30-31-32-33-34-35-36-37-38-39-40-41-42-43-44-46-48-50-58(71)67-54(55(70)49-47-45-8-6-4-2)53-77-65-63(76)61(74)64(57(52-69)79-65)80-66-62(75)60(73)59(72)56(51-68)78-66/h12-13,15-16,18-19,54-57,59-66,68-70,72-76H,3-11,14,17,20-53H2,1-2H3,(H,67,71)/b13-12-,16-15-,19-18-. The van der Waals surface area contributed by atoms with Crippen molar-refractivity contribution >= 4 is 5.91 Å². The number of aliphatic hydroxyl groups is 8. The molecule has 12 unspecified atom stereocenters. The van der Waals surface area contributed by atoms with Gasteiger partial charge in [-0.05, 0) is 51.4 Å². The molecule has 0 aromatic carbocycles. The van der Waals surface area contributed by atoms with Gasteiger partial charge < -0.3 is 65.1 Å². The topological polar surface area (TPSA) is 228 Å². The van der Waals surface area contributed by atoms with Crippen molar-refractivity contribution in [2.45, 2.75) is 357 Å². The molecule has 0 radical (unpaired) electrons. The average Bonchev–Trinajstić information content (AvgIpc) is 3.49. The molecule has 0 bridgehead atoms. The van der Waals surface area contributed by atoms with Gasteiger partial charge in [0.25, 0.3) is 0 Å². The van der Waals surface area contributed by atoms with E-state index < -0.39 is 86.8 Å². The largest absolute Gasteiger partial charge is 0.394 e. The number of ether oxygens (including phenoxy) is 4. The number of unbranched alkanes of at least 4 members (excludes halogenated alkanes) is 35. The third-order valence-corrected chi connectivity index (χ3v) is 16.4. The fourth-order valence-corrected chi connectivity index (χ4v) is 11.0. The van der Waals surface area contributed by atoms with E-state index in [0.717, 1.165) is 70.6 Å². The van der Waals surface area contributed by atoms with Crippen molar-refractivity contribution in [2.24, 2.45) is 0 Å². The van der Waals surface area contributed by atoms with Crippen molar-refractivity contribution in [3.05, 3.63) is 36.5 Å². The summed E-state index contributed by atoms with van der Waals surface area (Å²) in [5.41, 5.74) is 0. The van der Waals surface area contributed by atoms with E-state index in [-0.39, 0.29) is 12.5 Å². The van der Waals surface area contributed by atoms with Crippen LogP contribution in [0.1, 0.15) is 284 Å². The number of nitrogens with one attached hydrogen (secondary N) is 1. The van der Waals surface area contributed by atoms with Gasteiger partial charge in [0.15, 0.2) is 12.6 Å². The Labute approximate surface area is 487 Å². The summed E-state index contributed by atoms with van der Waals surface area (Å²) in [5, 5.41) is 86.6. The second-order valence-electron chi connectivity index (χ2n) is 23.6. The first-order valence-electron chi connectivity index (χ1n) is 33.2. The molecule has 2 heterocycles. The van der Waals surface area contributed by atoms with Gasteiger partial charge in [0.05, 0.1) is 32.0 Å². The predicted molar refractivity (Wildman–Crippen MR) is 323 cm³/mol. The number of hydrogen-bond acceptors (Lipinski definition) is 13. The number of allylic oxidation sites excluding steroid dienone is 6. The average molecular weight is 1140 g/mol. The highest BCUT2D eigenvalue weighted by atomic mass is 16.7. The van der Waals surface area contributed by atoms with Crippen molar-refractivity contribution in [3.8, 4) is 0 Å². The Hall–Kier alpha value is -1.79. The molecule has 14 nitrogen and oxygen atoms in total. The Morgan fingerprint density at radius 3 is 1.26 bits per heavy atom. The van der Waals surface area contributed by atoms with Crippen LogP contribution in [0.25, 0.3) is 0 Å². The highest BCUT2D eigenvalue weighted by Gasteiger charge is 2.51. The Morgan fingerprint density at radius 1 is 0.450 bits per heavy atom. The van der Waals surface area contributed by atoms with Gasteiger partial charge in [0.2, 0.25) is 5.91 Å². The maximum Gasteiger partial charge on any atom is 0.220 e. The van der Waals surface area contributed by atoms with Gasteiger partial charge in [-0.15, -0.1) is 0 Å². The third kappa shape index (κ3) is 36.1. The van der Waals surface area contributed by atoms with Crippen LogP contribution >= 0.6 is 0 Å². The second-order valence-corrected chi connectivity index (χ2v) is 23.6. The molecular weight excluding hydrogens is 1010 g/mol. The Morgan fingerprint density at radius 2 is 0.825 bits per heavy atom. The quantitative estimate of drug-likeness (QED) is 0.0204. The number of hydrogen-bond donors (Lipinski definition) is 9. The molecule has 0 aromatic rings. The molecular formula is C66H123NO13. The number of aliphatic hydroxyl groups excluding tert-OH is 8. The molecule has 2 rings (SSSR count). The number of amides is 1. The summed E-state index contributed by atoms with van der Waals surface area (Å²) in [6.07, 6.45) is 48.5. The molecule has 12 atom stereocenters. The summed E-state index contributed by atoms with van der Waals surface area (Å²) in [6.45, 7) is 2.76. The molecule has 2 fully saturated rings. The first-order chi connectivity index (χ1) is 39.1. The predicted octanol–water partition coefficient (Wildman–Crippen LogP) is 12.6. The monoisotopic (exact) mass is 1140 g/mol. The summed E-state index contributed by atoms with van der Waals surface area (Å²) >= 11 is 0. The molecule has 80 heavy (non-hydrogen) atoms. The van der Waals surface area contributed by atoms with Crippen molar-refractivity contribution in [1.29, 1.82) is 0 Å². The lowest BCUT2D eigenvalue weighted by Crippen LogP contribution is -2.65. The van der Waals surface area contributed by atoms with Gasteiger partial charge in [-0.1, -0.05) is 262 Å². The molecule has 2 saturated heterocycles. The van der Waals surface area contributed by atoms with Crippen LogP contribution in [0.5, 0.6) is 0 Å². The van der Waals surface area contributed by atoms with E-state index >= 15 is 0 Å².